The number of amides is 2. The molecule has 0 bridgehead atoms. The molecule has 7 nitrogen and oxygen atoms in total. The topological polar surface area (TPSA) is 75.5 Å². The van der Waals surface area contributed by atoms with Crippen LogP contribution in [0.4, 0.5) is 13.2 Å². The smallest absolute Gasteiger partial charge is 0.339 e. The lowest BCUT2D eigenvalue weighted by atomic mass is 10.1. The van der Waals surface area contributed by atoms with Crippen LogP contribution in [0.3, 0.4) is 0 Å². The first kappa shape index (κ1) is 32.7. The molecule has 5 rings (SSSR count). The van der Waals surface area contributed by atoms with Crippen LogP contribution in [0.15, 0.2) is 87.2 Å². The number of thioether (sulfide) groups is 1. The van der Waals surface area contributed by atoms with E-state index < -0.39 is 17.3 Å². The monoisotopic (exact) mass is 700 g/mol. The normalized spacial score (nSPS) is 15.4. The maximum Gasteiger partial charge on any atom is 0.416 e. The molecule has 1 aliphatic rings. The Hall–Kier alpha value is -3.64. The Kier molecular flexibility index (Phi) is 10.3. The van der Waals surface area contributed by atoms with Gasteiger partial charge >= 0.3 is 6.18 Å². The number of hydrogen-bond acceptors (Lipinski definition) is 5. The molecule has 0 saturated carbocycles. The van der Waals surface area contributed by atoms with Crippen LogP contribution in [0, 0.1) is 0 Å². The van der Waals surface area contributed by atoms with Gasteiger partial charge in [-0.05, 0) is 68.3 Å². The van der Waals surface area contributed by atoms with Crippen molar-refractivity contribution in [3.05, 3.63) is 98.7 Å². The number of hydrogen-bond donors (Lipinski definition) is 0. The summed E-state index contributed by atoms with van der Waals surface area (Å²) in [5, 5.41) is 0.642. The van der Waals surface area contributed by atoms with E-state index in [1.54, 1.807) is 36.4 Å². The van der Waals surface area contributed by atoms with Gasteiger partial charge in [0.2, 0.25) is 5.91 Å². The van der Waals surface area contributed by atoms with Gasteiger partial charge in [0.25, 0.3) is 11.5 Å². The number of carbonyl (C=O) groups is 2. The molecule has 0 aliphatic carbocycles. The molecule has 1 atom stereocenters. The molecule has 1 aliphatic heterocycles. The quantitative estimate of drug-likeness (QED) is 0.105. The SMILES string of the molecule is CC1CN(C(=O)CCCCCSc2nc3ccccc3c(=O)n2-c2cccc(C(F)(F)F)c2)CCN1C(=O)c1cccc(Br)c1. The van der Waals surface area contributed by atoms with Crippen LogP contribution in [0.5, 0.6) is 0 Å². The first-order chi connectivity index (χ1) is 21.5. The van der Waals surface area contributed by atoms with E-state index in [0.717, 1.165) is 29.4 Å². The Balaban J connectivity index is 1.15. The highest BCUT2D eigenvalue weighted by atomic mass is 79.9. The molecular formula is C33H32BrF3N4O3S. The lowest BCUT2D eigenvalue weighted by molar-refractivity contribution is -0.137. The lowest BCUT2D eigenvalue weighted by Gasteiger charge is -2.40. The number of piperazine rings is 1. The minimum absolute atomic E-state index is 0.0484. The number of alkyl halides is 3. The summed E-state index contributed by atoms with van der Waals surface area (Å²) in [5.74, 6) is 0.581. The highest BCUT2D eigenvalue weighted by molar-refractivity contribution is 9.10. The summed E-state index contributed by atoms with van der Waals surface area (Å²) in [4.78, 5) is 47.6. The Morgan fingerprint density at radius 1 is 0.978 bits per heavy atom. The summed E-state index contributed by atoms with van der Waals surface area (Å²) in [7, 11) is 0. The molecule has 1 fully saturated rings. The van der Waals surface area contributed by atoms with Gasteiger partial charge < -0.3 is 9.80 Å². The van der Waals surface area contributed by atoms with Crippen molar-refractivity contribution in [2.75, 3.05) is 25.4 Å². The number of aromatic nitrogens is 2. The Bertz CT molecular complexity index is 1760. The largest absolute Gasteiger partial charge is 0.416 e. The van der Waals surface area contributed by atoms with Crippen LogP contribution in [0.2, 0.25) is 0 Å². The van der Waals surface area contributed by atoms with Crippen LogP contribution in [0.25, 0.3) is 16.6 Å². The van der Waals surface area contributed by atoms with E-state index >= 15 is 0 Å². The van der Waals surface area contributed by atoms with Crippen LogP contribution in [0.1, 0.15) is 48.5 Å². The van der Waals surface area contributed by atoms with Crippen LogP contribution < -0.4 is 5.56 Å². The summed E-state index contributed by atoms with van der Waals surface area (Å²) >= 11 is 4.71. The van der Waals surface area contributed by atoms with Crippen molar-refractivity contribution in [3.63, 3.8) is 0 Å². The third-order valence-electron chi connectivity index (χ3n) is 7.76. The van der Waals surface area contributed by atoms with Gasteiger partial charge in [-0.3, -0.25) is 19.0 Å². The Morgan fingerprint density at radius 2 is 1.76 bits per heavy atom. The highest BCUT2D eigenvalue weighted by Crippen LogP contribution is 2.31. The first-order valence-corrected chi connectivity index (χ1v) is 16.5. The Morgan fingerprint density at radius 3 is 2.51 bits per heavy atom. The summed E-state index contributed by atoms with van der Waals surface area (Å²) in [6.45, 7) is 3.39. The average molecular weight is 702 g/mol. The second kappa shape index (κ2) is 14.2. The number of fused-ring (bicyclic) bond motifs is 1. The zero-order valence-corrected chi connectivity index (χ0v) is 27.0. The van der Waals surface area contributed by atoms with Gasteiger partial charge in [-0.25, -0.2) is 4.98 Å². The van der Waals surface area contributed by atoms with Crippen molar-refractivity contribution in [1.82, 2.24) is 19.4 Å². The van der Waals surface area contributed by atoms with E-state index in [1.165, 1.54) is 28.5 Å². The van der Waals surface area contributed by atoms with Crippen LogP contribution >= 0.6 is 27.7 Å². The van der Waals surface area contributed by atoms with E-state index in [9.17, 15) is 27.6 Å². The fourth-order valence-corrected chi connectivity index (χ4v) is 6.82. The zero-order valence-electron chi connectivity index (χ0n) is 24.6. The van der Waals surface area contributed by atoms with Crippen molar-refractivity contribution in [2.45, 2.75) is 50.0 Å². The molecule has 0 spiro atoms. The second-order valence-electron chi connectivity index (χ2n) is 11.0. The minimum Gasteiger partial charge on any atom is -0.339 e. The Labute approximate surface area is 271 Å². The molecule has 1 unspecified atom stereocenters. The summed E-state index contributed by atoms with van der Waals surface area (Å²) in [6, 6.07) is 18.6. The molecule has 2 amide bonds. The molecule has 236 valence electrons. The summed E-state index contributed by atoms with van der Waals surface area (Å²) in [5.41, 5.74) is -0.0758. The molecule has 3 aromatic carbocycles. The molecular weight excluding hydrogens is 669 g/mol. The van der Waals surface area contributed by atoms with Crippen molar-refractivity contribution in [3.8, 4) is 5.69 Å². The van der Waals surface area contributed by atoms with Gasteiger partial charge in [0.05, 0.1) is 22.2 Å². The van der Waals surface area contributed by atoms with Gasteiger partial charge in [0.1, 0.15) is 0 Å². The third-order valence-corrected chi connectivity index (χ3v) is 9.27. The molecule has 45 heavy (non-hydrogen) atoms. The summed E-state index contributed by atoms with van der Waals surface area (Å²) in [6.07, 6.45) is -1.99. The predicted molar refractivity (Wildman–Crippen MR) is 173 cm³/mol. The van der Waals surface area contributed by atoms with Gasteiger partial charge in [-0.15, -0.1) is 0 Å². The van der Waals surface area contributed by atoms with Crippen molar-refractivity contribution >= 4 is 50.4 Å². The second-order valence-corrected chi connectivity index (χ2v) is 12.9. The number of benzene rings is 3. The number of nitrogens with zero attached hydrogens (tertiary/aromatic N) is 4. The van der Waals surface area contributed by atoms with Crippen molar-refractivity contribution in [2.24, 2.45) is 0 Å². The van der Waals surface area contributed by atoms with Crippen molar-refractivity contribution in [1.29, 1.82) is 0 Å². The number of rotatable bonds is 9. The third kappa shape index (κ3) is 7.78. The van der Waals surface area contributed by atoms with E-state index in [0.29, 0.717) is 59.9 Å². The molecule has 2 heterocycles. The minimum atomic E-state index is -4.54. The molecule has 0 N–H and O–H groups in total. The molecule has 1 saturated heterocycles. The first-order valence-electron chi connectivity index (χ1n) is 14.7. The molecule has 1 aromatic heterocycles. The van der Waals surface area contributed by atoms with Crippen LogP contribution in [-0.2, 0) is 11.0 Å². The fourth-order valence-electron chi connectivity index (χ4n) is 5.41. The number of para-hydroxylation sites is 1. The molecule has 0 radical (unpaired) electrons. The summed E-state index contributed by atoms with van der Waals surface area (Å²) < 4.78 is 42.4. The van der Waals surface area contributed by atoms with Gasteiger partial charge in [-0.2, -0.15) is 13.2 Å². The van der Waals surface area contributed by atoms with Gasteiger partial charge in [0.15, 0.2) is 5.16 Å². The molecule has 12 heteroatoms. The lowest BCUT2D eigenvalue weighted by Crippen LogP contribution is -2.55. The van der Waals surface area contributed by atoms with E-state index in [4.69, 9.17) is 0 Å². The standard InChI is InChI=1S/C33H32BrF3N4O3S/c1-22-21-39(16-17-40(22)30(43)23-9-7-11-25(34)19-23)29(42)15-3-2-6-18-45-32-38-28-14-5-4-13-27(28)31(44)41(32)26-12-8-10-24(20-26)33(35,36)37/h4-5,7-14,19-20,22H,2-3,6,15-18,21H2,1H3. The predicted octanol–water partition coefficient (Wildman–Crippen LogP) is 7.19. The maximum absolute atomic E-state index is 13.4. The van der Waals surface area contributed by atoms with Crippen molar-refractivity contribution < 1.29 is 22.8 Å². The number of unbranched alkanes of at least 4 members (excludes halogenated alkanes) is 2. The van der Waals surface area contributed by atoms with E-state index in [2.05, 4.69) is 20.9 Å². The number of carbonyl (C=O) groups excluding carboxylic acids is 2. The van der Waals surface area contributed by atoms with E-state index in [1.807, 2.05) is 28.9 Å². The fraction of sp³-hybridized carbons (Fsp3) is 0.333. The van der Waals surface area contributed by atoms with E-state index in [-0.39, 0.29) is 23.5 Å². The van der Waals surface area contributed by atoms with Crippen LogP contribution in [-0.4, -0.2) is 62.6 Å². The average Bonchev–Trinajstić information content (AvgIpc) is 3.02. The maximum atomic E-state index is 13.4. The molecule has 4 aromatic rings. The number of halogens is 4. The zero-order chi connectivity index (χ0) is 32.1. The van der Waals surface area contributed by atoms with Gasteiger partial charge in [-0.1, -0.05) is 58.4 Å². The highest BCUT2D eigenvalue weighted by Gasteiger charge is 2.31. The van der Waals surface area contributed by atoms with Gasteiger partial charge in [0, 0.05) is 47.9 Å².